The first kappa shape index (κ1) is 19.2. The highest BCUT2D eigenvalue weighted by molar-refractivity contribution is 5.85. The maximum atomic E-state index is 12.5. The number of hydrogen-bond acceptors (Lipinski definition) is 4. The minimum Gasteiger partial charge on any atom is -0.479 e. The van der Waals surface area contributed by atoms with Gasteiger partial charge in [0.25, 0.3) is 0 Å². The Bertz CT molecular complexity index is 612. The lowest BCUT2D eigenvalue weighted by atomic mass is 9.82. The third-order valence-electron chi connectivity index (χ3n) is 4.84. The zero-order valence-corrected chi connectivity index (χ0v) is 15.5. The van der Waals surface area contributed by atoms with Crippen LogP contribution in [-0.4, -0.2) is 44.7 Å². The van der Waals surface area contributed by atoms with E-state index in [-0.39, 0.29) is 5.92 Å². The molecule has 1 aromatic heterocycles. The van der Waals surface area contributed by atoms with Crippen molar-refractivity contribution in [3.05, 3.63) is 30.1 Å². The number of aliphatic carboxylic acids is 1. The van der Waals surface area contributed by atoms with Gasteiger partial charge >= 0.3 is 12.1 Å². The molecule has 1 aliphatic heterocycles. The summed E-state index contributed by atoms with van der Waals surface area (Å²) in [4.78, 5) is 29.9. The van der Waals surface area contributed by atoms with E-state index in [0.29, 0.717) is 13.0 Å². The molecule has 1 N–H and O–H groups in total. The van der Waals surface area contributed by atoms with E-state index in [1.54, 1.807) is 33.9 Å². The van der Waals surface area contributed by atoms with Gasteiger partial charge in [0.2, 0.25) is 0 Å². The lowest BCUT2D eigenvalue weighted by molar-refractivity contribution is -0.150. The summed E-state index contributed by atoms with van der Waals surface area (Å²) in [7, 11) is 0. The van der Waals surface area contributed by atoms with Crippen molar-refractivity contribution in [2.45, 2.75) is 64.5 Å². The standard InChI is InChI=1S/C19H28N2O4/c1-18(2,3)25-17(24)21-12-10-15(19(21,4)16(22)23)9-5-7-14-8-6-11-20-13-14/h6,8,11,13,15H,5,7,9-10,12H2,1-4H3,(H,22,23)/t15?,19-/m0/s1. The molecule has 1 unspecified atom stereocenters. The molecule has 0 radical (unpaired) electrons. The number of ether oxygens (including phenoxy) is 1. The van der Waals surface area contributed by atoms with Crippen LogP contribution >= 0.6 is 0 Å². The first-order chi connectivity index (χ1) is 11.6. The second-order valence-corrected chi connectivity index (χ2v) is 7.82. The molecule has 0 bridgehead atoms. The van der Waals surface area contributed by atoms with Gasteiger partial charge in [-0.1, -0.05) is 6.07 Å². The predicted molar refractivity (Wildman–Crippen MR) is 94.3 cm³/mol. The van der Waals surface area contributed by atoms with Gasteiger partial charge in [0.05, 0.1) is 0 Å². The van der Waals surface area contributed by atoms with E-state index >= 15 is 0 Å². The number of aryl methyl sites for hydroxylation is 1. The Hall–Kier alpha value is -2.11. The summed E-state index contributed by atoms with van der Waals surface area (Å²) >= 11 is 0. The average Bonchev–Trinajstić information content (AvgIpc) is 2.85. The molecule has 0 aromatic carbocycles. The number of amides is 1. The largest absolute Gasteiger partial charge is 0.479 e. The second kappa shape index (κ2) is 7.42. The number of carbonyl (C=O) groups is 2. The highest BCUT2D eigenvalue weighted by Crippen LogP contribution is 2.39. The molecule has 2 rings (SSSR count). The number of nitrogens with zero attached hydrogens (tertiary/aromatic N) is 2. The Kier molecular flexibility index (Phi) is 5.70. The quantitative estimate of drug-likeness (QED) is 0.881. The van der Waals surface area contributed by atoms with E-state index in [1.807, 2.05) is 18.3 Å². The van der Waals surface area contributed by atoms with Gasteiger partial charge in [-0.3, -0.25) is 9.88 Å². The molecule has 0 spiro atoms. The van der Waals surface area contributed by atoms with E-state index in [1.165, 1.54) is 4.90 Å². The van der Waals surface area contributed by atoms with Gasteiger partial charge in [0.15, 0.2) is 0 Å². The number of likely N-dealkylation sites (tertiary alicyclic amines) is 1. The number of carbonyl (C=O) groups excluding carboxylic acids is 1. The van der Waals surface area contributed by atoms with Crippen LogP contribution in [0.2, 0.25) is 0 Å². The van der Waals surface area contributed by atoms with Gasteiger partial charge in [0.1, 0.15) is 11.1 Å². The van der Waals surface area contributed by atoms with E-state index in [2.05, 4.69) is 4.98 Å². The summed E-state index contributed by atoms with van der Waals surface area (Å²) in [6.07, 6.45) is 6.16. The number of rotatable bonds is 5. The fourth-order valence-corrected chi connectivity index (χ4v) is 3.43. The van der Waals surface area contributed by atoms with Crippen LogP contribution in [0.3, 0.4) is 0 Å². The first-order valence-electron chi connectivity index (χ1n) is 8.77. The maximum Gasteiger partial charge on any atom is 0.411 e. The highest BCUT2D eigenvalue weighted by atomic mass is 16.6. The van der Waals surface area contributed by atoms with Crippen molar-refractivity contribution in [3.8, 4) is 0 Å². The molecular formula is C19H28N2O4. The van der Waals surface area contributed by atoms with Crippen LogP contribution < -0.4 is 0 Å². The van der Waals surface area contributed by atoms with Gasteiger partial charge in [-0.15, -0.1) is 0 Å². The Labute approximate surface area is 149 Å². The number of carboxylic acid groups (broad SMARTS) is 1. The number of pyridine rings is 1. The lowest BCUT2D eigenvalue weighted by Crippen LogP contribution is -2.55. The van der Waals surface area contributed by atoms with Crippen LogP contribution in [0.5, 0.6) is 0 Å². The fraction of sp³-hybridized carbons (Fsp3) is 0.632. The van der Waals surface area contributed by atoms with E-state index < -0.39 is 23.2 Å². The van der Waals surface area contributed by atoms with Gasteiger partial charge in [-0.2, -0.15) is 0 Å². The third-order valence-corrected chi connectivity index (χ3v) is 4.84. The van der Waals surface area contributed by atoms with Crippen LogP contribution in [0.1, 0.15) is 52.5 Å². The Morgan fingerprint density at radius 2 is 2.16 bits per heavy atom. The summed E-state index contributed by atoms with van der Waals surface area (Å²) in [6, 6.07) is 3.92. The Morgan fingerprint density at radius 1 is 1.44 bits per heavy atom. The van der Waals surface area contributed by atoms with Crippen molar-refractivity contribution in [2.75, 3.05) is 6.54 Å². The van der Waals surface area contributed by atoms with Crippen molar-refractivity contribution in [1.29, 1.82) is 0 Å². The Balaban J connectivity index is 2.04. The minimum atomic E-state index is -1.22. The van der Waals surface area contributed by atoms with Crippen LogP contribution in [0, 0.1) is 5.92 Å². The molecule has 1 amide bonds. The van der Waals surface area contributed by atoms with Crippen molar-refractivity contribution < 1.29 is 19.4 Å². The van der Waals surface area contributed by atoms with Crippen molar-refractivity contribution >= 4 is 12.1 Å². The second-order valence-electron chi connectivity index (χ2n) is 7.82. The van der Waals surface area contributed by atoms with Gasteiger partial charge in [-0.05, 0) is 70.9 Å². The molecule has 1 saturated heterocycles. The van der Waals surface area contributed by atoms with Gasteiger partial charge in [-0.25, -0.2) is 9.59 Å². The fourth-order valence-electron chi connectivity index (χ4n) is 3.43. The zero-order chi connectivity index (χ0) is 18.7. The van der Waals surface area contributed by atoms with Crippen molar-refractivity contribution in [3.63, 3.8) is 0 Å². The van der Waals surface area contributed by atoms with Crippen molar-refractivity contribution in [1.82, 2.24) is 9.88 Å². The number of carboxylic acids is 1. The van der Waals surface area contributed by atoms with E-state index in [4.69, 9.17) is 4.74 Å². The third kappa shape index (κ3) is 4.50. The molecule has 0 aliphatic carbocycles. The first-order valence-corrected chi connectivity index (χ1v) is 8.77. The minimum absolute atomic E-state index is 0.0887. The number of aromatic nitrogens is 1. The molecule has 1 aromatic rings. The zero-order valence-electron chi connectivity index (χ0n) is 15.5. The molecule has 2 heterocycles. The maximum absolute atomic E-state index is 12.5. The highest BCUT2D eigenvalue weighted by Gasteiger charge is 2.53. The topological polar surface area (TPSA) is 79.7 Å². The molecule has 6 nitrogen and oxygen atoms in total. The monoisotopic (exact) mass is 348 g/mol. The average molecular weight is 348 g/mol. The summed E-state index contributed by atoms with van der Waals surface area (Å²) in [5.74, 6) is -1.06. The molecule has 6 heteroatoms. The summed E-state index contributed by atoms with van der Waals surface area (Å²) in [5, 5.41) is 9.82. The molecule has 25 heavy (non-hydrogen) atoms. The molecule has 2 atom stereocenters. The van der Waals surface area contributed by atoms with Crippen LogP contribution in [0.25, 0.3) is 0 Å². The molecule has 1 aliphatic rings. The van der Waals surface area contributed by atoms with E-state index in [0.717, 1.165) is 24.8 Å². The normalized spacial score (nSPS) is 23.5. The summed E-state index contributed by atoms with van der Waals surface area (Å²) < 4.78 is 5.40. The summed E-state index contributed by atoms with van der Waals surface area (Å²) in [5.41, 5.74) is -0.729. The molecule has 138 valence electrons. The van der Waals surface area contributed by atoms with Gasteiger partial charge in [0, 0.05) is 18.9 Å². The Morgan fingerprint density at radius 3 is 2.72 bits per heavy atom. The number of hydrogen-bond donors (Lipinski definition) is 1. The smallest absolute Gasteiger partial charge is 0.411 e. The molecular weight excluding hydrogens is 320 g/mol. The SMILES string of the molecule is CC(C)(C)OC(=O)N1CCC(CCCc2cccnc2)[C@@]1(C)C(=O)O. The lowest BCUT2D eigenvalue weighted by Gasteiger charge is -2.36. The van der Waals surface area contributed by atoms with E-state index in [9.17, 15) is 14.7 Å². The van der Waals surface area contributed by atoms with Crippen molar-refractivity contribution in [2.24, 2.45) is 5.92 Å². The van der Waals surface area contributed by atoms with Crippen LogP contribution in [-0.2, 0) is 16.0 Å². The van der Waals surface area contributed by atoms with Gasteiger partial charge < -0.3 is 9.84 Å². The van der Waals surface area contributed by atoms with Crippen LogP contribution in [0.15, 0.2) is 24.5 Å². The molecule has 1 fully saturated rings. The van der Waals surface area contributed by atoms with Crippen LogP contribution in [0.4, 0.5) is 4.79 Å². The molecule has 0 saturated carbocycles. The predicted octanol–water partition coefficient (Wildman–Crippen LogP) is 3.50. The summed E-state index contributed by atoms with van der Waals surface area (Å²) in [6.45, 7) is 7.40.